The molecule has 3 aliphatic rings. The minimum absolute atomic E-state index is 0. The number of ether oxygens (including phenoxy) is 3. The molecule has 0 spiro atoms. The van der Waals surface area contributed by atoms with Gasteiger partial charge >= 0.3 is 13.8 Å². The highest BCUT2D eigenvalue weighted by molar-refractivity contribution is 6.67. The van der Waals surface area contributed by atoms with E-state index in [9.17, 15) is 19.2 Å². The van der Waals surface area contributed by atoms with Crippen molar-refractivity contribution in [1.82, 2.24) is 5.32 Å². The Labute approximate surface area is 272 Å². The molecule has 13 heteroatoms. The summed E-state index contributed by atoms with van der Waals surface area (Å²) in [6.45, 7) is 5.82. The van der Waals surface area contributed by atoms with Gasteiger partial charge in [-0.15, -0.1) is 0 Å². The van der Waals surface area contributed by atoms with E-state index in [-0.39, 0.29) is 39.7 Å². The van der Waals surface area contributed by atoms with E-state index in [1.807, 2.05) is 50.0 Å². The van der Waals surface area contributed by atoms with Crippen LogP contribution in [-0.2, 0) is 43.5 Å². The van der Waals surface area contributed by atoms with Gasteiger partial charge in [0.1, 0.15) is 29.6 Å². The van der Waals surface area contributed by atoms with Gasteiger partial charge < -0.3 is 28.8 Å². The van der Waals surface area contributed by atoms with Gasteiger partial charge in [0.25, 0.3) is 18.3 Å². The highest BCUT2D eigenvalue weighted by atomic mass is 16.5. The zero-order valence-electron chi connectivity index (χ0n) is 25.0. The van der Waals surface area contributed by atoms with Gasteiger partial charge in [-0.3, -0.25) is 24.5 Å². The highest BCUT2D eigenvalue weighted by Gasteiger charge is 2.28. The number of amides is 3. The van der Waals surface area contributed by atoms with Crippen molar-refractivity contribution >= 4 is 55.1 Å². The molecule has 0 aromatic heterocycles. The van der Waals surface area contributed by atoms with Gasteiger partial charge in [0.05, 0.1) is 24.3 Å². The molecule has 47 heavy (non-hydrogen) atoms. The van der Waals surface area contributed by atoms with E-state index < -0.39 is 0 Å². The second kappa shape index (κ2) is 14.4. The average molecular weight is 634 g/mol. The zero-order valence-corrected chi connectivity index (χ0v) is 25.0. The first-order valence-electron chi connectivity index (χ1n) is 14.6. The Hall–Kier alpha value is -5.39. The minimum Gasteiger partial charge on any atom is -0.463 e. The zero-order chi connectivity index (χ0) is 32.2. The first-order valence-corrected chi connectivity index (χ1v) is 14.6. The summed E-state index contributed by atoms with van der Waals surface area (Å²) in [5, 5.41) is 4.83. The lowest BCUT2D eigenvalue weighted by atomic mass is 9.64. The minimum atomic E-state index is -0.387. The normalized spacial score (nSPS) is 13.7. The van der Waals surface area contributed by atoms with Gasteiger partial charge in [-0.1, -0.05) is 33.2 Å². The lowest BCUT2D eigenvalue weighted by Crippen LogP contribution is -2.23. The fourth-order valence-electron chi connectivity index (χ4n) is 5.51. The van der Waals surface area contributed by atoms with Crippen LogP contribution in [0.5, 0.6) is 23.0 Å². The first kappa shape index (κ1) is 33.0. The Morgan fingerprint density at radius 2 is 1.28 bits per heavy atom. The summed E-state index contributed by atoms with van der Waals surface area (Å²) in [6, 6.07) is 21.7. The molecule has 238 valence electrons. The molecule has 7 rings (SSSR count). The van der Waals surface area contributed by atoms with Crippen LogP contribution in [0.1, 0.15) is 44.8 Å². The van der Waals surface area contributed by atoms with Crippen molar-refractivity contribution in [3.05, 3.63) is 101 Å². The molecule has 3 aliphatic heterocycles. The summed E-state index contributed by atoms with van der Waals surface area (Å²) in [4.78, 5) is 44.2. The molecule has 0 saturated carbocycles. The van der Waals surface area contributed by atoms with Crippen molar-refractivity contribution in [3.63, 3.8) is 0 Å². The summed E-state index contributed by atoms with van der Waals surface area (Å²) in [6.07, 6.45) is 0.571. The topological polar surface area (TPSA) is 138 Å². The van der Waals surface area contributed by atoms with E-state index in [2.05, 4.69) is 10.6 Å². The molecule has 4 aromatic carbocycles. The molecule has 0 bridgehead atoms. The Kier molecular flexibility index (Phi) is 10.1. The summed E-state index contributed by atoms with van der Waals surface area (Å²) in [5.74, 6) is 1.74. The van der Waals surface area contributed by atoms with Gasteiger partial charge in [0, 0.05) is 11.3 Å². The number of hydrogen-bond acceptors (Lipinski definition) is 9. The predicted octanol–water partition coefficient (Wildman–Crippen LogP) is 4.44. The highest BCUT2D eigenvalue weighted by Crippen LogP contribution is 2.29. The van der Waals surface area contributed by atoms with E-state index in [1.165, 1.54) is 10.9 Å². The summed E-state index contributed by atoms with van der Waals surface area (Å²) >= 11 is 0. The second-order valence-corrected chi connectivity index (χ2v) is 10.8. The number of fused-ring (bicyclic) bond motifs is 3. The number of hydrogen-bond donors (Lipinski definition) is 2. The van der Waals surface area contributed by atoms with Crippen LogP contribution >= 0.6 is 0 Å². The van der Waals surface area contributed by atoms with Gasteiger partial charge in [0.2, 0.25) is 6.41 Å². The van der Waals surface area contributed by atoms with Crippen molar-refractivity contribution in [1.29, 1.82) is 0 Å². The molecule has 2 N–H and O–H groups in total. The molecule has 0 fully saturated rings. The maximum atomic E-state index is 11.7. The van der Waals surface area contributed by atoms with Crippen LogP contribution < -0.4 is 31.0 Å². The van der Waals surface area contributed by atoms with Gasteiger partial charge in [-0.25, -0.2) is 0 Å². The molecule has 0 atom stereocenters. The Balaban J connectivity index is 0.000000181. The van der Waals surface area contributed by atoms with Gasteiger partial charge in [-0.2, -0.15) is 0 Å². The summed E-state index contributed by atoms with van der Waals surface area (Å²) in [5.41, 5.74) is 6.51. The molecule has 3 amide bonds. The van der Waals surface area contributed by atoms with Crippen molar-refractivity contribution in [2.45, 2.75) is 40.9 Å². The fourth-order valence-corrected chi connectivity index (χ4v) is 5.51. The molecule has 0 unspecified atom stereocenters. The molecule has 0 saturated heterocycles. The monoisotopic (exact) mass is 634 g/mol. The Bertz CT molecular complexity index is 1850. The van der Waals surface area contributed by atoms with E-state index in [0.717, 1.165) is 11.1 Å². The van der Waals surface area contributed by atoms with E-state index in [4.69, 9.17) is 23.5 Å². The van der Waals surface area contributed by atoms with Crippen LogP contribution in [0.3, 0.4) is 0 Å². The van der Waals surface area contributed by atoms with Crippen LogP contribution in [0.15, 0.2) is 72.8 Å². The van der Waals surface area contributed by atoms with Crippen molar-refractivity contribution in [2.75, 3.05) is 5.32 Å². The number of imide groups is 1. The molecule has 11 nitrogen and oxygen atoms in total. The molecule has 4 aromatic rings. The summed E-state index contributed by atoms with van der Waals surface area (Å²) < 4.78 is 27.6. The number of anilines is 1. The number of carbonyl (C=O) groups excluding carboxylic acids is 4. The number of rotatable bonds is 9. The SMILES string of the molecule is C.CB1OCc2cc(Oc3ccc(NC=O)c(COC=O)c3)ccc21.CB1OCc2cc(Oc3ccc4c(c3)C(=O)NC4=O)ccc21. The van der Waals surface area contributed by atoms with Crippen LogP contribution in [0.2, 0.25) is 13.6 Å². The van der Waals surface area contributed by atoms with Crippen LogP contribution in [-0.4, -0.2) is 38.5 Å². The maximum Gasteiger partial charge on any atom is 0.324 e. The Morgan fingerprint density at radius 1 is 0.745 bits per heavy atom. The van der Waals surface area contributed by atoms with E-state index in [0.29, 0.717) is 71.5 Å². The van der Waals surface area contributed by atoms with E-state index >= 15 is 0 Å². The molecular weight excluding hydrogens is 602 g/mol. The standard InChI is InChI=1S/C17H16BNO5.C16H12BNO4.CH4/c1-18-16-4-2-14(6-12(16)9-23-18)24-15-3-5-17(19-10-20)13(7-15)8-22-11-21;1-17-14-5-3-10(6-9(14)8-21-17)22-11-2-4-12-13(7-11)16(20)18-15(12)19;/h2-7,10-11H,8-9H2,1H3,(H,19,20);2-7H,8H2,1H3,(H,18,19,20);1H4. The molecule has 0 radical (unpaired) electrons. The predicted molar refractivity (Wildman–Crippen MR) is 177 cm³/mol. The first-order chi connectivity index (χ1) is 22.3. The molecule has 0 aliphatic carbocycles. The quantitative estimate of drug-likeness (QED) is 0.156. The fraction of sp³-hybridized carbons (Fsp3) is 0.176. The maximum absolute atomic E-state index is 11.7. The lowest BCUT2D eigenvalue weighted by molar-refractivity contribution is -0.129. The molecule has 3 heterocycles. The van der Waals surface area contributed by atoms with Crippen LogP contribution in [0.4, 0.5) is 5.69 Å². The average Bonchev–Trinajstić information content (AvgIpc) is 3.71. The third-order valence-electron chi connectivity index (χ3n) is 7.86. The van der Waals surface area contributed by atoms with E-state index in [1.54, 1.807) is 36.4 Å². The number of nitrogens with one attached hydrogen (secondary N) is 2. The smallest absolute Gasteiger partial charge is 0.324 e. The van der Waals surface area contributed by atoms with Crippen LogP contribution in [0, 0.1) is 0 Å². The largest absolute Gasteiger partial charge is 0.463 e. The van der Waals surface area contributed by atoms with Crippen molar-refractivity contribution in [2.24, 2.45) is 0 Å². The third kappa shape index (κ3) is 7.21. The van der Waals surface area contributed by atoms with Crippen molar-refractivity contribution < 1.29 is 42.7 Å². The number of carbonyl (C=O) groups is 4. The summed E-state index contributed by atoms with van der Waals surface area (Å²) in [7, 11) is 0. The Morgan fingerprint density at radius 3 is 1.87 bits per heavy atom. The van der Waals surface area contributed by atoms with Crippen molar-refractivity contribution in [3.8, 4) is 23.0 Å². The lowest BCUT2D eigenvalue weighted by Gasteiger charge is -2.12. The van der Waals surface area contributed by atoms with Gasteiger partial charge in [0.15, 0.2) is 0 Å². The second-order valence-electron chi connectivity index (χ2n) is 10.8. The molecular formula is C34H32B2N2O9. The third-order valence-corrected chi connectivity index (χ3v) is 7.86. The van der Waals surface area contributed by atoms with Crippen LogP contribution in [0.25, 0.3) is 0 Å². The van der Waals surface area contributed by atoms with Gasteiger partial charge in [-0.05, 0) is 82.7 Å². The number of benzene rings is 4.